The second-order valence-electron chi connectivity index (χ2n) is 4.20. The number of hydrogen-bond donors (Lipinski definition) is 2. The van der Waals surface area contributed by atoms with Gasteiger partial charge < -0.3 is 10.1 Å². The zero-order valence-electron chi connectivity index (χ0n) is 10.2. The Morgan fingerprint density at radius 2 is 1.89 bits per heavy atom. The minimum absolute atomic E-state index is 0.222. The molecule has 18 heavy (non-hydrogen) atoms. The lowest BCUT2D eigenvalue weighted by Crippen LogP contribution is -2.18. The molecule has 0 aliphatic rings. The third-order valence-corrected chi connectivity index (χ3v) is 2.99. The van der Waals surface area contributed by atoms with Crippen molar-refractivity contribution >= 4 is 5.97 Å². The van der Waals surface area contributed by atoms with Crippen LogP contribution in [0.4, 0.5) is 0 Å². The van der Waals surface area contributed by atoms with Crippen molar-refractivity contribution in [1.29, 1.82) is 0 Å². The van der Waals surface area contributed by atoms with E-state index in [1.54, 1.807) is 6.07 Å². The predicted molar refractivity (Wildman–Crippen MR) is 68.9 cm³/mol. The summed E-state index contributed by atoms with van der Waals surface area (Å²) in [4.78, 5) is 25.1. The number of benzene rings is 1. The summed E-state index contributed by atoms with van der Waals surface area (Å²) in [5, 5.41) is 9.11. The molecule has 2 N–H and O–H groups in total. The smallest absolute Gasteiger partial charge is 0.341 e. The maximum Gasteiger partial charge on any atom is 0.341 e. The van der Waals surface area contributed by atoms with Gasteiger partial charge in [0.15, 0.2) is 0 Å². The molecule has 4 nitrogen and oxygen atoms in total. The van der Waals surface area contributed by atoms with Crippen molar-refractivity contribution in [2.45, 2.75) is 13.8 Å². The van der Waals surface area contributed by atoms with Crippen molar-refractivity contribution < 1.29 is 9.90 Å². The van der Waals surface area contributed by atoms with Gasteiger partial charge in [0, 0.05) is 11.8 Å². The number of H-pyrrole nitrogens is 1. The molecule has 0 bridgehead atoms. The minimum atomic E-state index is -1.22. The monoisotopic (exact) mass is 243 g/mol. The Morgan fingerprint density at radius 3 is 2.50 bits per heavy atom. The Labute approximate surface area is 104 Å². The summed E-state index contributed by atoms with van der Waals surface area (Å²) in [7, 11) is 0. The molecule has 0 atom stereocenters. The summed E-state index contributed by atoms with van der Waals surface area (Å²) in [6.07, 6.45) is 1.46. The first-order valence-electron chi connectivity index (χ1n) is 5.53. The Kier molecular flexibility index (Phi) is 3.02. The van der Waals surface area contributed by atoms with Crippen molar-refractivity contribution in [3.05, 3.63) is 57.5 Å². The van der Waals surface area contributed by atoms with Crippen LogP contribution in [0.5, 0.6) is 0 Å². The molecular weight excluding hydrogens is 230 g/mol. The number of carboxylic acid groups (broad SMARTS) is 1. The molecule has 1 aromatic carbocycles. The quantitative estimate of drug-likeness (QED) is 0.850. The molecule has 0 amide bonds. The van der Waals surface area contributed by atoms with Gasteiger partial charge >= 0.3 is 5.97 Å². The number of hydrogen-bond acceptors (Lipinski definition) is 2. The Balaban J connectivity index is 2.71. The molecule has 0 radical (unpaired) electrons. The molecule has 0 spiro atoms. The number of aromatic amines is 1. The third-order valence-electron chi connectivity index (χ3n) is 2.99. The van der Waals surface area contributed by atoms with Gasteiger partial charge in [-0.1, -0.05) is 18.2 Å². The molecule has 0 unspecified atom stereocenters. The summed E-state index contributed by atoms with van der Waals surface area (Å²) in [6.45, 7) is 3.93. The van der Waals surface area contributed by atoms with Gasteiger partial charge in [0.1, 0.15) is 5.56 Å². The number of pyridine rings is 1. The van der Waals surface area contributed by atoms with Gasteiger partial charge in [-0.05, 0) is 36.6 Å². The summed E-state index contributed by atoms with van der Waals surface area (Å²) >= 11 is 0. The highest BCUT2D eigenvalue weighted by Gasteiger charge is 2.15. The van der Waals surface area contributed by atoms with E-state index in [9.17, 15) is 9.59 Å². The van der Waals surface area contributed by atoms with E-state index in [4.69, 9.17) is 5.11 Å². The summed E-state index contributed by atoms with van der Waals surface area (Å²) < 4.78 is 0. The lowest BCUT2D eigenvalue weighted by molar-refractivity contribution is 0.0696. The van der Waals surface area contributed by atoms with Crippen LogP contribution >= 0.6 is 0 Å². The fourth-order valence-corrected chi connectivity index (χ4v) is 1.84. The Morgan fingerprint density at radius 1 is 1.17 bits per heavy atom. The SMILES string of the molecule is Cc1ccc(-c2cc[nH]c(=O)c2C(=O)O)cc1C. The summed E-state index contributed by atoms with van der Waals surface area (Å²) in [5.74, 6) is -1.22. The highest BCUT2D eigenvalue weighted by atomic mass is 16.4. The first kappa shape index (κ1) is 12.1. The van der Waals surface area contributed by atoms with Crippen LogP contribution in [0.15, 0.2) is 35.3 Å². The lowest BCUT2D eigenvalue weighted by Gasteiger charge is -2.07. The molecule has 0 aliphatic carbocycles. The van der Waals surface area contributed by atoms with Crippen LogP contribution in [0.1, 0.15) is 21.5 Å². The van der Waals surface area contributed by atoms with E-state index in [1.807, 2.05) is 32.0 Å². The lowest BCUT2D eigenvalue weighted by atomic mass is 9.98. The number of aromatic carboxylic acids is 1. The maximum absolute atomic E-state index is 11.6. The Bertz CT molecular complexity index is 671. The fraction of sp³-hybridized carbons (Fsp3) is 0.143. The van der Waals surface area contributed by atoms with Crippen LogP contribution in [0.3, 0.4) is 0 Å². The van der Waals surface area contributed by atoms with Crippen LogP contribution in [0.25, 0.3) is 11.1 Å². The van der Waals surface area contributed by atoms with E-state index in [1.165, 1.54) is 6.20 Å². The molecule has 1 aromatic heterocycles. The molecule has 0 fully saturated rings. The second-order valence-corrected chi connectivity index (χ2v) is 4.20. The number of carbonyl (C=O) groups is 1. The average Bonchev–Trinajstić information content (AvgIpc) is 2.32. The molecule has 0 aliphatic heterocycles. The summed E-state index contributed by atoms with van der Waals surface area (Å²) in [6, 6.07) is 7.23. The van der Waals surface area contributed by atoms with E-state index >= 15 is 0 Å². The van der Waals surface area contributed by atoms with Crippen LogP contribution in [-0.4, -0.2) is 16.1 Å². The van der Waals surface area contributed by atoms with Gasteiger partial charge in [0.05, 0.1) is 0 Å². The molecule has 2 rings (SSSR count). The molecule has 1 heterocycles. The van der Waals surface area contributed by atoms with Crippen LogP contribution in [-0.2, 0) is 0 Å². The average molecular weight is 243 g/mol. The van der Waals surface area contributed by atoms with Crippen molar-refractivity contribution in [1.82, 2.24) is 4.98 Å². The second kappa shape index (κ2) is 4.49. The first-order chi connectivity index (χ1) is 8.50. The largest absolute Gasteiger partial charge is 0.477 e. The molecular formula is C14H13NO3. The van der Waals surface area contributed by atoms with Gasteiger partial charge in [0.2, 0.25) is 0 Å². The molecule has 0 saturated heterocycles. The maximum atomic E-state index is 11.6. The van der Waals surface area contributed by atoms with Crippen LogP contribution in [0, 0.1) is 13.8 Å². The van der Waals surface area contributed by atoms with Crippen molar-refractivity contribution in [2.75, 3.05) is 0 Å². The highest BCUT2D eigenvalue weighted by Crippen LogP contribution is 2.23. The third kappa shape index (κ3) is 2.05. The number of carboxylic acids is 1. The highest BCUT2D eigenvalue weighted by molar-refractivity contribution is 5.95. The van der Waals surface area contributed by atoms with E-state index in [0.717, 1.165) is 16.7 Å². The number of aromatic nitrogens is 1. The van der Waals surface area contributed by atoms with Crippen molar-refractivity contribution in [3.8, 4) is 11.1 Å². The zero-order chi connectivity index (χ0) is 13.3. The molecule has 92 valence electrons. The zero-order valence-corrected chi connectivity index (χ0v) is 10.2. The van der Waals surface area contributed by atoms with Crippen molar-refractivity contribution in [3.63, 3.8) is 0 Å². The fourth-order valence-electron chi connectivity index (χ4n) is 1.84. The predicted octanol–water partition coefficient (Wildman–Crippen LogP) is 2.36. The van der Waals surface area contributed by atoms with E-state index in [2.05, 4.69) is 4.98 Å². The van der Waals surface area contributed by atoms with Gasteiger partial charge in [-0.2, -0.15) is 0 Å². The van der Waals surface area contributed by atoms with Gasteiger partial charge in [-0.25, -0.2) is 4.79 Å². The van der Waals surface area contributed by atoms with Gasteiger partial charge in [0.25, 0.3) is 5.56 Å². The van der Waals surface area contributed by atoms with Gasteiger partial charge in [-0.15, -0.1) is 0 Å². The molecule has 2 aromatic rings. The molecule has 4 heteroatoms. The standard InChI is InChI=1S/C14H13NO3/c1-8-3-4-10(7-9(8)2)11-5-6-15-13(16)12(11)14(17)18/h3-7H,1-2H3,(H,15,16)(H,17,18). The van der Waals surface area contributed by atoms with Crippen molar-refractivity contribution in [2.24, 2.45) is 0 Å². The summed E-state index contributed by atoms with van der Waals surface area (Å²) in [5.41, 5.74) is 2.56. The van der Waals surface area contributed by atoms with E-state index in [-0.39, 0.29) is 5.56 Å². The minimum Gasteiger partial charge on any atom is -0.477 e. The van der Waals surface area contributed by atoms with E-state index < -0.39 is 11.5 Å². The van der Waals surface area contributed by atoms with Crippen LogP contribution in [0.2, 0.25) is 0 Å². The normalized spacial score (nSPS) is 10.3. The Hall–Kier alpha value is -2.36. The number of nitrogens with one attached hydrogen (secondary N) is 1. The molecule has 0 saturated carbocycles. The number of rotatable bonds is 2. The van der Waals surface area contributed by atoms with E-state index in [0.29, 0.717) is 5.56 Å². The first-order valence-corrected chi connectivity index (χ1v) is 5.53. The topological polar surface area (TPSA) is 70.2 Å². The van der Waals surface area contributed by atoms with Crippen LogP contribution < -0.4 is 5.56 Å². The van der Waals surface area contributed by atoms with Gasteiger partial charge in [-0.3, -0.25) is 4.79 Å². The number of aryl methyl sites for hydroxylation is 2.